The van der Waals surface area contributed by atoms with Crippen LogP contribution in [-0.4, -0.2) is 0 Å². The van der Waals surface area contributed by atoms with Crippen molar-refractivity contribution in [3.05, 3.63) is 69.3 Å². The number of benzene rings is 2. The van der Waals surface area contributed by atoms with E-state index in [0.717, 1.165) is 73.6 Å². The van der Waals surface area contributed by atoms with Crippen molar-refractivity contribution in [3.63, 3.8) is 0 Å². The fraction of sp³-hybridized carbons (Fsp3) is 0.520. The highest BCUT2D eigenvalue weighted by atomic mass is 19.1. The predicted octanol–water partition coefficient (Wildman–Crippen LogP) is 7.37. The standard InChI is InChI=1S/C25H34F2/c1-5-9-18-13-20(11-7-3)24(26)22(15-18)17-23-16-19(10-6-2)14-21(12-8-4)25(23)27/h13-16H,5-12,17H2,1-4H3. The first-order valence-electron chi connectivity index (χ1n) is 10.6. The first kappa shape index (κ1) is 21.6. The monoisotopic (exact) mass is 372 g/mol. The van der Waals surface area contributed by atoms with Crippen LogP contribution in [0.25, 0.3) is 0 Å². The molecule has 27 heavy (non-hydrogen) atoms. The molecule has 0 nitrogen and oxygen atoms in total. The summed E-state index contributed by atoms with van der Waals surface area (Å²) in [5, 5.41) is 0. The Labute approximate surface area is 164 Å². The Morgan fingerprint density at radius 3 is 1.19 bits per heavy atom. The second kappa shape index (κ2) is 10.6. The maximum Gasteiger partial charge on any atom is 0.129 e. The minimum atomic E-state index is -0.144. The predicted molar refractivity (Wildman–Crippen MR) is 112 cm³/mol. The number of hydrogen-bond donors (Lipinski definition) is 0. The summed E-state index contributed by atoms with van der Waals surface area (Å²) in [5.41, 5.74) is 5.15. The summed E-state index contributed by atoms with van der Waals surface area (Å²) in [6.07, 6.45) is 7.54. The van der Waals surface area contributed by atoms with Crippen molar-refractivity contribution < 1.29 is 8.78 Å². The molecule has 148 valence electrons. The lowest BCUT2D eigenvalue weighted by Crippen LogP contribution is -2.05. The van der Waals surface area contributed by atoms with Crippen LogP contribution < -0.4 is 0 Å². The molecule has 0 N–H and O–H groups in total. The van der Waals surface area contributed by atoms with Gasteiger partial charge in [-0.15, -0.1) is 0 Å². The van der Waals surface area contributed by atoms with Crippen molar-refractivity contribution in [2.75, 3.05) is 0 Å². The number of hydrogen-bond acceptors (Lipinski definition) is 0. The van der Waals surface area contributed by atoms with Crippen LogP contribution in [0.3, 0.4) is 0 Å². The fourth-order valence-corrected chi connectivity index (χ4v) is 3.88. The second-order valence-corrected chi connectivity index (χ2v) is 7.63. The van der Waals surface area contributed by atoms with Gasteiger partial charge in [-0.1, -0.05) is 77.6 Å². The van der Waals surface area contributed by atoms with Gasteiger partial charge in [-0.2, -0.15) is 0 Å². The summed E-state index contributed by atoms with van der Waals surface area (Å²) < 4.78 is 30.1. The molecule has 0 aliphatic heterocycles. The van der Waals surface area contributed by atoms with Gasteiger partial charge >= 0.3 is 0 Å². The van der Waals surface area contributed by atoms with Gasteiger partial charge in [0, 0.05) is 6.42 Å². The molecular weight excluding hydrogens is 338 g/mol. The molecule has 0 aromatic heterocycles. The Balaban J connectivity index is 2.48. The van der Waals surface area contributed by atoms with Crippen molar-refractivity contribution in [1.82, 2.24) is 0 Å². The highest BCUT2D eigenvalue weighted by molar-refractivity contribution is 5.39. The van der Waals surface area contributed by atoms with Crippen LogP contribution in [0.15, 0.2) is 24.3 Å². The molecule has 0 fully saturated rings. The van der Waals surface area contributed by atoms with Crippen LogP contribution >= 0.6 is 0 Å². The summed E-state index contributed by atoms with van der Waals surface area (Å²) in [7, 11) is 0. The summed E-state index contributed by atoms with van der Waals surface area (Å²) in [5.74, 6) is -0.289. The molecule has 2 aromatic carbocycles. The highest BCUT2D eigenvalue weighted by Gasteiger charge is 2.16. The zero-order valence-corrected chi connectivity index (χ0v) is 17.4. The van der Waals surface area contributed by atoms with Gasteiger partial charge in [-0.3, -0.25) is 0 Å². The van der Waals surface area contributed by atoms with Crippen LogP contribution in [0.2, 0.25) is 0 Å². The van der Waals surface area contributed by atoms with E-state index < -0.39 is 0 Å². The molecule has 0 aliphatic rings. The van der Waals surface area contributed by atoms with Crippen LogP contribution in [0.1, 0.15) is 86.8 Å². The average molecular weight is 373 g/mol. The Morgan fingerprint density at radius 2 is 0.852 bits per heavy atom. The molecule has 0 unspecified atom stereocenters. The maximum absolute atomic E-state index is 15.1. The van der Waals surface area contributed by atoms with E-state index in [1.165, 1.54) is 0 Å². The topological polar surface area (TPSA) is 0 Å². The summed E-state index contributed by atoms with van der Waals surface area (Å²) >= 11 is 0. The molecule has 2 heteroatoms. The minimum Gasteiger partial charge on any atom is -0.206 e. The van der Waals surface area contributed by atoms with Gasteiger partial charge < -0.3 is 0 Å². The van der Waals surface area contributed by atoms with Crippen molar-refractivity contribution in [2.24, 2.45) is 0 Å². The van der Waals surface area contributed by atoms with Gasteiger partial charge in [0.2, 0.25) is 0 Å². The molecule has 0 saturated heterocycles. The van der Waals surface area contributed by atoms with E-state index in [0.29, 0.717) is 17.5 Å². The largest absolute Gasteiger partial charge is 0.206 e. The summed E-state index contributed by atoms with van der Waals surface area (Å²) in [6, 6.07) is 7.89. The van der Waals surface area contributed by atoms with Gasteiger partial charge in [-0.25, -0.2) is 8.78 Å². The summed E-state index contributed by atoms with van der Waals surface area (Å²) in [6.45, 7) is 8.40. The molecule has 2 rings (SSSR count). The van der Waals surface area contributed by atoms with Gasteiger partial charge in [0.15, 0.2) is 0 Å². The van der Waals surface area contributed by atoms with E-state index in [-0.39, 0.29) is 11.6 Å². The Hall–Kier alpha value is -1.70. The van der Waals surface area contributed by atoms with Crippen molar-refractivity contribution in [2.45, 2.75) is 85.5 Å². The molecule has 0 aliphatic carbocycles. The first-order chi connectivity index (χ1) is 13.0. The van der Waals surface area contributed by atoms with Crippen molar-refractivity contribution in [3.8, 4) is 0 Å². The van der Waals surface area contributed by atoms with Crippen molar-refractivity contribution >= 4 is 0 Å². The van der Waals surface area contributed by atoms with Crippen molar-refractivity contribution in [1.29, 1.82) is 0 Å². The van der Waals surface area contributed by atoms with E-state index in [9.17, 15) is 0 Å². The lowest BCUT2D eigenvalue weighted by atomic mass is 9.92. The lowest BCUT2D eigenvalue weighted by Gasteiger charge is -2.15. The smallest absolute Gasteiger partial charge is 0.129 e. The molecule has 0 spiro atoms. The zero-order valence-electron chi connectivity index (χ0n) is 17.4. The Bertz CT molecular complexity index is 683. The Kier molecular flexibility index (Phi) is 8.47. The Morgan fingerprint density at radius 1 is 0.519 bits per heavy atom. The van der Waals surface area contributed by atoms with Crippen LogP contribution in [0.5, 0.6) is 0 Å². The van der Waals surface area contributed by atoms with Gasteiger partial charge in [0.05, 0.1) is 0 Å². The van der Waals surface area contributed by atoms with Gasteiger partial charge in [0.1, 0.15) is 11.6 Å². The third-order valence-corrected chi connectivity index (χ3v) is 5.06. The van der Waals surface area contributed by atoms with Gasteiger partial charge in [0.25, 0.3) is 0 Å². The molecule has 0 radical (unpaired) electrons. The molecule has 0 heterocycles. The lowest BCUT2D eigenvalue weighted by molar-refractivity contribution is 0.578. The molecular formula is C25H34F2. The third-order valence-electron chi connectivity index (χ3n) is 5.06. The second-order valence-electron chi connectivity index (χ2n) is 7.63. The average Bonchev–Trinajstić information content (AvgIpc) is 2.63. The van der Waals surface area contributed by atoms with E-state index in [2.05, 4.69) is 27.7 Å². The molecule has 0 atom stereocenters. The normalized spacial score (nSPS) is 11.2. The van der Waals surface area contributed by atoms with E-state index in [1.54, 1.807) is 0 Å². The zero-order chi connectivity index (χ0) is 19.8. The minimum absolute atomic E-state index is 0.144. The molecule has 0 bridgehead atoms. The number of rotatable bonds is 10. The maximum atomic E-state index is 15.1. The first-order valence-corrected chi connectivity index (χ1v) is 10.6. The number of aryl methyl sites for hydroxylation is 4. The van der Waals surface area contributed by atoms with E-state index in [1.807, 2.05) is 24.3 Å². The van der Waals surface area contributed by atoms with Crippen LogP contribution in [-0.2, 0) is 32.1 Å². The fourth-order valence-electron chi connectivity index (χ4n) is 3.88. The molecule has 0 saturated carbocycles. The quantitative estimate of drug-likeness (QED) is 0.408. The molecule has 2 aromatic rings. The van der Waals surface area contributed by atoms with E-state index in [4.69, 9.17) is 0 Å². The summed E-state index contributed by atoms with van der Waals surface area (Å²) in [4.78, 5) is 0. The van der Waals surface area contributed by atoms with Crippen LogP contribution in [0.4, 0.5) is 8.78 Å². The molecule has 0 amide bonds. The highest BCUT2D eigenvalue weighted by Crippen LogP contribution is 2.26. The SMILES string of the molecule is CCCc1cc(CCC)c(F)c(Cc2cc(CCC)cc(CCC)c2F)c1. The van der Waals surface area contributed by atoms with Crippen LogP contribution in [0, 0.1) is 11.6 Å². The van der Waals surface area contributed by atoms with Gasteiger partial charge in [-0.05, 0) is 59.1 Å². The third kappa shape index (κ3) is 5.64. The van der Waals surface area contributed by atoms with E-state index >= 15 is 8.78 Å². The number of halogens is 2.